The fraction of sp³-hybridized carbons (Fsp3) is 0.400. The van der Waals surface area contributed by atoms with E-state index in [0.29, 0.717) is 11.5 Å². The lowest BCUT2D eigenvalue weighted by Crippen LogP contribution is -2.11. The molecule has 0 radical (unpaired) electrons. The van der Waals surface area contributed by atoms with Crippen LogP contribution in [0.5, 0.6) is 0 Å². The Morgan fingerprint density at radius 2 is 2.12 bits per heavy atom. The third-order valence-corrected chi connectivity index (χ3v) is 3.25. The Kier molecular flexibility index (Phi) is 4.00. The first-order chi connectivity index (χ1) is 7.41. The number of aliphatic carboxylic acids is 1. The van der Waals surface area contributed by atoms with Gasteiger partial charge in [0.1, 0.15) is 5.76 Å². The van der Waals surface area contributed by atoms with Crippen molar-refractivity contribution in [2.45, 2.75) is 24.9 Å². The summed E-state index contributed by atoms with van der Waals surface area (Å²) in [7, 11) is 0. The minimum Gasteiger partial charge on any atom is -0.480 e. The molecule has 0 aliphatic rings. The highest BCUT2D eigenvalue weighted by molar-refractivity contribution is 7.99. The monoisotopic (exact) mass is 244 g/mol. The second kappa shape index (κ2) is 5.07. The number of carbonyl (C=O) groups is 2. The van der Waals surface area contributed by atoms with E-state index in [0.717, 1.165) is 5.56 Å². The normalized spacial score (nSPS) is 12.4. The Labute approximate surface area is 96.5 Å². The quantitative estimate of drug-likeness (QED) is 0.823. The molecule has 0 unspecified atom stereocenters. The topological polar surface area (TPSA) is 87.7 Å². The van der Waals surface area contributed by atoms with Crippen LogP contribution in [0, 0.1) is 6.92 Å². The SMILES string of the molecule is Cc1oc(C(=O)O)cc1CS[C@H](C)C(=O)O. The van der Waals surface area contributed by atoms with Crippen LogP contribution in [0.3, 0.4) is 0 Å². The molecule has 0 amide bonds. The van der Waals surface area contributed by atoms with Gasteiger partial charge in [-0.3, -0.25) is 4.79 Å². The molecule has 0 saturated carbocycles. The van der Waals surface area contributed by atoms with E-state index in [1.165, 1.54) is 17.8 Å². The minimum absolute atomic E-state index is 0.115. The molecule has 6 heteroatoms. The fourth-order valence-corrected chi connectivity index (χ4v) is 1.91. The number of carboxylic acid groups (broad SMARTS) is 2. The van der Waals surface area contributed by atoms with Gasteiger partial charge in [0.2, 0.25) is 5.76 Å². The van der Waals surface area contributed by atoms with Crippen molar-refractivity contribution in [2.24, 2.45) is 0 Å². The molecule has 1 aromatic heterocycles. The van der Waals surface area contributed by atoms with Crippen LogP contribution >= 0.6 is 11.8 Å². The highest BCUT2D eigenvalue weighted by atomic mass is 32.2. The van der Waals surface area contributed by atoms with Crippen LogP contribution in [0.1, 0.15) is 28.8 Å². The maximum atomic E-state index is 10.6. The first-order valence-electron chi connectivity index (χ1n) is 4.59. The summed E-state index contributed by atoms with van der Waals surface area (Å²) in [5, 5.41) is 16.9. The van der Waals surface area contributed by atoms with Crippen molar-refractivity contribution in [3.63, 3.8) is 0 Å². The molecule has 1 atom stereocenters. The van der Waals surface area contributed by atoms with Crippen molar-refractivity contribution < 1.29 is 24.2 Å². The lowest BCUT2D eigenvalue weighted by Gasteiger charge is -2.04. The van der Waals surface area contributed by atoms with Crippen molar-refractivity contribution >= 4 is 23.7 Å². The molecular formula is C10H12O5S. The summed E-state index contributed by atoms with van der Waals surface area (Å²) in [6.45, 7) is 3.24. The van der Waals surface area contributed by atoms with E-state index >= 15 is 0 Å². The maximum Gasteiger partial charge on any atom is 0.371 e. The van der Waals surface area contributed by atoms with E-state index in [-0.39, 0.29) is 5.76 Å². The van der Waals surface area contributed by atoms with Crippen LogP contribution in [0.2, 0.25) is 0 Å². The molecule has 0 bridgehead atoms. The van der Waals surface area contributed by atoms with Crippen LogP contribution in [-0.4, -0.2) is 27.4 Å². The number of thioether (sulfide) groups is 1. The zero-order valence-electron chi connectivity index (χ0n) is 8.89. The van der Waals surface area contributed by atoms with Crippen LogP contribution < -0.4 is 0 Å². The molecule has 0 aliphatic carbocycles. The first-order valence-corrected chi connectivity index (χ1v) is 5.63. The number of rotatable bonds is 5. The van der Waals surface area contributed by atoms with E-state index in [9.17, 15) is 9.59 Å². The van der Waals surface area contributed by atoms with Gasteiger partial charge in [-0.15, -0.1) is 11.8 Å². The number of furan rings is 1. The van der Waals surface area contributed by atoms with E-state index in [4.69, 9.17) is 14.6 Å². The summed E-state index contributed by atoms with van der Waals surface area (Å²) < 4.78 is 5.01. The molecule has 88 valence electrons. The number of hydrogen-bond acceptors (Lipinski definition) is 4. The van der Waals surface area contributed by atoms with Gasteiger partial charge in [0.05, 0.1) is 5.25 Å². The molecule has 0 fully saturated rings. The summed E-state index contributed by atoms with van der Waals surface area (Å²) in [5.41, 5.74) is 0.718. The predicted molar refractivity (Wildman–Crippen MR) is 58.8 cm³/mol. The van der Waals surface area contributed by atoms with Crippen molar-refractivity contribution in [3.05, 3.63) is 23.2 Å². The summed E-state index contributed by atoms with van der Waals surface area (Å²) in [6.07, 6.45) is 0. The standard InChI is InChI=1S/C10H12O5S/c1-5-7(3-8(15-5)10(13)14)4-16-6(2)9(11)12/h3,6H,4H2,1-2H3,(H,11,12)(H,13,14)/t6-/m1/s1. The average molecular weight is 244 g/mol. The molecule has 1 rings (SSSR count). The summed E-state index contributed by atoms with van der Waals surface area (Å²) in [4.78, 5) is 21.2. The van der Waals surface area contributed by atoms with Gasteiger partial charge in [-0.05, 0) is 19.9 Å². The number of aromatic carboxylic acids is 1. The van der Waals surface area contributed by atoms with Crippen molar-refractivity contribution in [3.8, 4) is 0 Å². The molecule has 0 aliphatic heterocycles. The largest absolute Gasteiger partial charge is 0.480 e. The zero-order valence-corrected chi connectivity index (χ0v) is 9.71. The van der Waals surface area contributed by atoms with E-state index < -0.39 is 17.2 Å². The third kappa shape index (κ3) is 3.03. The summed E-state index contributed by atoms with van der Waals surface area (Å²) >= 11 is 1.22. The Hall–Kier alpha value is -1.43. The second-order valence-electron chi connectivity index (χ2n) is 3.29. The van der Waals surface area contributed by atoms with Crippen LogP contribution in [0.25, 0.3) is 0 Å². The lowest BCUT2D eigenvalue weighted by molar-refractivity contribution is -0.136. The molecular weight excluding hydrogens is 232 g/mol. The molecule has 0 aromatic carbocycles. The maximum absolute atomic E-state index is 10.6. The summed E-state index contributed by atoms with van der Waals surface area (Å²) in [5.74, 6) is -1.18. The number of carboxylic acids is 2. The highest BCUT2D eigenvalue weighted by Crippen LogP contribution is 2.23. The molecule has 0 spiro atoms. The van der Waals surface area contributed by atoms with E-state index in [1.807, 2.05) is 0 Å². The van der Waals surface area contributed by atoms with Gasteiger partial charge >= 0.3 is 11.9 Å². The highest BCUT2D eigenvalue weighted by Gasteiger charge is 2.16. The van der Waals surface area contributed by atoms with Gasteiger partial charge in [-0.25, -0.2) is 4.79 Å². The van der Waals surface area contributed by atoms with Gasteiger partial charge in [-0.2, -0.15) is 0 Å². The summed E-state index contributed by atoms with van der Waals surface area (Å²) in [6, 6.07) is 1.43. The first kappa shape index (κ1) is 12.6. The molecule has 5 nitrogen and oxygen atoms in total. The minimum atomic E-state index is -1.12. The smallest absolute Gasteiger partial charge is 0.371 e. The van der Waals surface area contributed by atoms with Gasteiger partial charge in [-0.1, -0.05) is 0 Å². The van der Waals surface area contributed by atoms with Crippen LogP contribution in [-0.2, 0) is 10.5 Å². The van der Waals surface area contributed by atoms with E-state index in [1.54, 1.807) is 13.8 Å². The Morgan fingerprint density at radius 1 is 1.50 bits per heavy atom. The lowest BCUT2D eigenvalue weighted by atomic mass is 10.3. The zero-order chi connectivity index (χ0) is 12.3. The average Bonchev–Trinajstić information content (AvgIpc) is 2.56. The van der Waals surface area contributed by atoms with Crippen LogP contribution in [0.4, 0.5) is 0 Å². The van der Waals surface area contributed by atoms with Crippen molar-refractivity contribution in [1.82, 2.24) is 0 Å². The van der Waals surface area contributed by atoms with E-state index in [2.05, 4.69) is 0 Å². The third-order valence-electron chi connectivity index (χ3n) is 2.07. The molecule has 1 aromatic rings. The number of hydrogen-bond donors (Lipinski definition) is 2. The van der Waals surface area contributed by atoms with Crippen molar-refractivity contribution in [2.75, 3.05) is 0 Å². The van der Waals surface area contributed by atoms with Gasteiger partial charge < -0.3 is 14.6 Å². The second-order valence-corrected chi connectivity index (χ2v) is 4.62. The molecule has 2 N–H and O–H groups in total. The van der Waals surface area contributed by atoms with Gasteiger partial charge in [0.15, 0.2) is 0 Å². The Morgan fingerprint density at radius 3 is 2.56 bits per heavy atom. The van der Waals surface area contributed by atoms with Gasteiger partial charge in [0.25, 0.3) is 0 Å². The predicted octanol–water partition coefficient (Wildman–Crippen LogP) is 1.99. The molecule has 1 heterocycles. The van der Waals surface area contributed by atoms with Crippen LogP contribution in [0.15, 0.2) is 10.5 Å². The fourth-order valence-electron chi connectivity index (χ4n) is 1.05. The Bertz CT molecular complexity index is 409. The molecule has 16 heavy (non-hydrogen) atoms. The Balaban J connectivity index is 2.67. The van der Waals surface area contributed by atoms with Crippen molar-refractivity contribution in [1.29, 1.82) is 0 Å². The number of aryl methyl sites for hydroxylation is 1. The molecule has 0 saturated heterocycles. The van der Waals surface area contributed by atoms with Gasteiger partial charge in [0, 0.05) is 11.3 Å².